The quantitative estimate of drug-likeness (QED) is 0.0418. The number of nitrogens with zero attached hydrogens (tertiary/aromatic N) is 2. The summed E-state index contributed by atoms with van der Waals surface area (Å²) in [5.41, 5.74) is 0. The SMILES string of the molecule is CCCCCCCCCC(CC(=O)OCC(CCCCCC)CCCCCCCC)N(CCCN(C)C)SCCCC. The predicted molar refractivity (Wildman–Crippen MR) is 189 cm³/mol. The average Bonchev–Trinajstić information content (AvgIpc) is 2.97. The third-order valence-corrected chi connectivity index (χ3v) is 9.88. The molecule has 0 N–H and O–H groups in total. The molecule has 0 fully saturated rings. The Morgan fingerprint density at radius 2 is 1.07 bits per heavy atom. The van der Waals surface area contributed by atoms with E-state index in [1.807, 2.05) is 11.9 Å². The summed E-state index contributed by atoms with van der Waals surface area (Å²) in [6.45, 7) is 11.9. The summed E-state index contributed by atoms with van der Waals surface area (Å²) in [6.07, 6.45) is 30.1. The Bertz CT molecular complexity index is 560. The highest BCUT2D eigenvalue weighted by Gasteiger charge is 2.23. The number of hydrogen-bond acceptors (Lipinski definition) is 5. The van der Waals surface area contributed by atoms with Gasteiger partial charge in [0.25, 0.3) is 0 Å². The van der Waals surface area contributed by atoms with Gasteiger partial charge in [-0.1, -0.05) is 155 Å². The summed E-state index contributed by atoms with van der Waals surface area (Å²) < 4.78 is 8.67. The van der Waals surface area contributed by atoms with E-state index in [0.29, 0.717) is 25.0 Å². The second-order valence-corrected chi connectivity index (χ2v) is 14.3. The monoisotopic (exact) mass is 613 g/mol. The number of rotatable bonds is 33. The topological polar surface area (TPSA) is 32.8 Å². The first-order chi connectivity index (χ1) is 20.5. The zero-order valence-corrected chi connectivity index (χ0v) is 30.4. The Balaban J connectivity index is 5.10. The van der Waals surface area contributed by atoms with Gasteiger partial charge < -0.3 is 9.64 Å². The maximum atomic E-state index is 13.3. The first kappa shape index (κ1) is 41.7. The van der Waals surface area contributed by atoms with Crippen LogP contribution in [0, 0.1) is 5.92 Å². The van der Waals surface area contributed by atoms with Crippen LogP contribution < -0.4 is 0 Å². The van der Waals surface area contributed by atoms with Gasteiger partial charge in [0.05, 0.1) is 13.0 Å². The van der Waals surface area contributed by atoms with Gasteiger partial charge in [-0.15, -0.1) is 0 Å². The van der Waals surface area contributed by atoms with E-state index in [1.54, 1.807) is 0 Å². The molecule has 0 bridgehead atoms. The highest BCUT2D eigenvalue weighted by molar-refractivity contribution is 7.97. The fourth-order valence-corrected chi connectivity index (χ4v) is 7.05. The fourth-order valence-electron chi connectivity index (χ4n) is 5.75. The molecule has 0 saturated carbocycles. The lowest BCUT2D eigenvalue weighted by atomic mass is 9.95. The molecule has 0 aliphatic rings. The smallest absolute Gasteiger partial charge is 0.307 e. The highest BCUT2D eigenvalue weighted by atomic mass is 32.2. The van der Waals surface area contributed by atoms with Crippen LogP contribution in [0.15, 0.2) is 0 Å². The van der Waals surface area contributed by atoms with E-state index in [1.165, 1.54) is 135 Å². The summed E-state index contributed by atoms with van der Waals surface area (Å²) in [5, 5.41) is 0. The second-order valence-electron chi connectivity index (χ2n) is 13.2. The third kappa shape index (κ3) is 27.3. The molecular formula is C37H76N2O2S. The lowest BCUT2D eigenvalue weighted by molar-refractivity contribution is -0.146. The number of carbonyl (C=O) groups excluding carboxylic acids is 1. The lowest BCUT2D eigenvalue weighted by Gasteiger charge is -2.31. The summed E-state index contributed by atoms with van der Waals surface area (Å²) in [5.74, 6) is 1.73. The molecule has 42 heavy (non-hydrogen) atoms. The van der Waals surface area contributed by atoms with Crippen molar-refractivity contribution in [1.82, 2.24) is 9.21 Å². The minimum absolute atomic E-state index is 0.0400. The summed E-state index contributed by atoms with van der Waals surface area (Å²) >= 11 is 1.99. The molecule has 4 nitrogen and oxygen atoms in total. The molecule has 0 saturated heterocycles. The molecule has 0 rings (SSSR count). The van der Waals surface area contributed by atoms with Gasteiger partial charge >= 0.3 is 5.97 Å². The fraction of sp³-hybridized carbons (Fsp3) is 0.973. The highest BCUT2D eigenvalue weighted by Crippen LogP contribution is 2.25. The molecular weight excluding hydrogens is 536 g/mol. The molecule has 0 aliphatic carbocycles. The normalized spacial score (nSPS) is 13.2. The van der Waals surface area contributed by atoms with Crippen LogP contribution in [0.2, 0.25) is 0 Å². The van der Waals surface area contributed by atoms with Gasteiger partial charge in [-0.25, -0.2) is 4.31 Å². The number of esters is 1. The van der Waals surface area contributed by atoms with E-state index in [-0.39, 0.29) is 5.97 Å². The molecule has 0 aromatic carbocycles. The van der Waals surface area contributed by atoms with Crippen LogP contribution in [0.5, 0.6) is 0 Å². The van der Waals surface area contributed by atoms with E-state index in [2.05, 4.69) is 51.0 Å². The van der Waals surface area contributed by atoms with Gasteiger partial charge in [0.1, 0.15) is 0 Å². The van der Waals surface area contributed by atoms with Crippen molar-refractivity contribution in [3.8, 4) is 0 Å². The minimum atomic E-state index is 0.0400. The Morgan fingerprint density at radius 1 is 0.595 bits per heavy atom. The molecule has 0 aromatic rings. The van der Waals surface area contributed by atoms with E-state index in [0.717, 1.165) is 31.7 Å². The lowest BCUT2D eigenvalue weighted by Crippen LogP contribution is -2.35. The van der Waals surface area contributed by atoms with Crippen LogP contribution >= 0.6 is 11.9 Å². The molecule has 0 radical (unpaired) electrons. The first-order valence-electron chi connectivity index (χ1n) is 18.7. The molecule has 2 atom stereocenters. The largest absolute Gasteiger partial charge is 0.465 e. The molecule has 252 valence electrons. The first-order valence-corrected chi connectivity index (χ1v) is 19.6. The molecule has 5 heteroatoms. The van der Waals surface area contributed by atoms with Crippen molar-refractivity contribution in [3.05, 3.63) is 0 Å². The van der Waals surface area contributed by atoms with Crippen LogP contribution in [0.3, 0.4) is 0 Å². The Kier molecular flexibility index (Phi) is 31.9. The maximum absolute atomic E-state index is 13.3. The third-order valence-electron chi connectivity index (χ3n) is 8.60. The van der Waals surface area contributed by atoms with Crippen LogP contribution in [0.25, 0.3) is 0 Å². The standard InChI is InChI=1S/C37H76N2O2S/c1-7-11-15-18-20-22-25-29-36(39(42-32-14-10-4)31-26-30-38(5)6)33-37(40)41-34-35(27-23-17-13-9-3)28-24-21-19-16-12-8-2/h35-36H,7-34H2,1-6H3. The number of hydrogen-bond donors (Lipinski definition) is 0. The van der Waals surface area contributed by atoms with Gasteiger partial charge in [-0.3, -0.25) is 4.79 Å². The maximum Gasteiger partial charge on any atom is 0.307 e. The van der Waals surface area contributed by atoms with Crippen LogP contribution in [-0.2, 0) is 9.53 Å². The molecule has 0 aliphatic heterocycles. The zero-order valence-electron chi connectivity index (χ0n) is 29.6. The van der Waals surface area contributed by atoms with Crippen molar-refractivity contribution in [2.24, 2.45) is 5.92 Å². The van der Waals surface area contributed by atoms with Crippen molar-refractivity contribution >= 4 is 17.9 Å². The molecule has 0 spiro atoms. The van der Waals surface area contributed by atoms with Crippen molar-refractivity contribution < 1.29 is 9.53 Å². The van der Waals surface area contributed by atoms with Gasteiger partial charge in [0.2, 0.25) is 0 Å². The van der Waals surface area contributed by atoms with Crippen molar-refractivity contribution in [2.75, 3.05) is 39.5 Å². The van der Waals surface area contributed by atoms with E-state index in [4.69, 9.17) is 4.74 Å². The van der Waals surface area contributed by atoms with Gasteiger partial charge in [-0.2, -0.15) is 0 Å². The van der Waals surface area contributed by atoms with Crippen molar-refractivity contribution in [2.45, 2.75) is 188 Å². The summed E-state index contributed by atoms with van der Waals surface area (Å²) in [4.78, 5) is 15.6. The molecule has 2 unspecified atom stereocenters. The predicted octanol–water partition coefficient (Wildman–Crippen LogP) is 11.5. The molecule has 0 heterocycles. The number of carbonyl (C=O) groups is 1. The summed E-state index contributed by atoms with van der Waals surface area (Å²) in [6, 6.07) is 0.290. The van der Waals surface area contributed by atoms with Crippen molar-refractivity contribution in [1.29, 1.82) is 0 Å². The molecule has 0 aromatic heterocycles. The van der Waals surface area contributed by atoms with Gasteiger partial charge in [-0.05, 0) is 58.7 Å². The zero-order chi connectivity index (χ0) is 31.1. The Morgan fingerprint density at radius 3 is 1.60 bits per heavy atom. The van der Waals surface area contributed by atoms with E-state index < -0.39 is 0 Å². The van der Waals surface area contributed by atoms with Crippen molar-refractivity contribution in [3.63, 3.8) is 0 Å². The number of ether oxygens (including phenoxy) is 1. The van der Waals surface area contributed by atoms with Crippen LogP contribution in [0.1, 0.15) is 182 Å². The Hall–Kier alpha value is -0.260. The summed E-state index contributed by atoms with van der Waals surface area (Å²) in [7, 11) is 4.32. The van der Waals surface area contributed by atoms with Crippen LogP contribution in [0.4, 0.5) is 0 Å². The minimum Gasteiger partial charge on any atom is -0.465 e. The van der Waals surface area contributed by atoms with Gasteiger partial charge in [0, 0.05) is 18.3 Å². The number of unbranched alkanes of at least 4 members (excludes halogenated alkanes) is 15. The van der Waals surface area contributed by atoms with Gasteiger partial charge in [0.15, 0.2) is 0 Å². The average molecular weight is 613 g/mol. The van der Waals surface area contributed by atoms with E-state index in [9.17, 15) is 4.79 Å². The van der Waals surface area contributed by atoms with Crippen LogP contribution in [-0.4, -0.2) is 60.8 Å². The second kappa shape index (κ2) is 32.1. The Labute approximate surface area is 269 Å². The van der Waals surface area contributed by atoms with E-state index >= 15 is 0 Å². The molecule has 0 amide bonds.